The summed E-state index contributed by atoms with van der Waals surface area (Å²) in [6.07, 6.45) is 2.10. The first kappa shape index (κ1) is 17.7. The van der Waals surface area contributed by atoms with E-state index >= 15 is 0 Å². The molecule has 1 aliphatic heterocycles. The molecule has 7 nitrogen and oxygen atoms in total. The Bertz CT molecular complexity index is 1060. The molecule has 0 aliphatic carbocycles. The van der Waals surface area contributed by atoms with Gasteiger partial charge >= 0.3 is 0 Å². The van der Waals surface area contributed by atoms with Crippen molar-refractivity contribution in [1.82, 2.24) is 19.6 Å². The maximum absolute atomic E-state index is 12.6. The summed E-state index contributed by atoms with van der Waals surface area (Å²) in [6, 6.07) is 7.40. The Kier molecular flexibility index (Phi) is 4.65. The summed E-state index contributed by atoms with van der Waals surface area (Å²) in [4.78, 5) is 33.0. The average Bonchev–Trinajstić information content (AvgIpc) is 2.94. The van der Waals surface area contributed by atoms with Gasteiger partial charge in [-0.3, -0.25) is 9.59 Å². The molecule has 0 saturated carbocycles. The van der Waals surface area contributed by atoms with Crippen molar-refractivity contribution in [2.75, 3.05) is 11.1 Å². The summed E-state index contributed by atoms with van der Waals surface area (Å²) in [6.45, 7) is 3.86. The normalized spacial score (nSPS) is 13.9. The third-order valence-electron chi connectivity index (χ3n) is 4.48. The van der Waals surface area contributed by atoms with Gasteiger partial charge in [-0.25, -0.2) is 9.50 Å². The lowest BCUT2D eigenvalue weighted by Gasteiger charge is -2.08. The number of hydrogen-bond donors (Lipinski definition) is 1. The Labute approximate surface area is 160 Å². The number of anilines is 1. The number of nitrogens with zero attached hydrogens (tertiary/aromatic N) is 4. The highest BCUT2D eigenvalue weighted by Crippen LogP contribution is 2.24. The van der Waals surface area contributed by atoms with Crippen LogP contribution in [-0.4, -0.2) is 37.0 Å². The molecule has 0 fully saturated rings. The van der Waals surface area contributed by atoms with E-state index in [0.717, 1.165) is 35.5 Å². The molecule has 138 valence electrons. The van der Waals surface area contributed by atoms with Crippen molar-refractivity contribution >= 4 is 34.9 Å². The van der Waals surface area contributed by atoms with E-state index in [2.05, 4.69) is 20.4 Å². The highest BCUT2D eigenvalue weighted by atomic mass is 32.2. The van der Waals surface area contributed by atoms with E-state index in [4.69, 9.17) is 0 Å². The number of carbonyl (C=O) groups is 2. The first-order valence-corrected chi connectivity index (χ1v) is 9.78. The number of hydrogen-bond acceptors (Lipinski definition) is 6. The summed E-state index contributed by atoms with van der Waals surface area (Å²) in [5, 5.41) is 7.84. The van der Waals surface area contributed by atoms with Gasteiger partial charge < -0.3 is 5.32 Å². The quantitative estimate of drug-likeness (QED) is 0.552. The molecule has 2 aromatic heterocycles. The number of aromatic nitrogens is 4. The average molecular weight is 381 g/mol. The van der Waals surface area contributed by atoms with Crippen molar-refractivity contribution in [2.45, 2.75) is 38.3 Å². The Morgan fingerprint density at radius 2 is 2.07 bits per heavy atom. The van der Waals surface area contributed by atoms with Gasteiger partial charge in [0.15, 0.2) is 5.78 Å². The Morgan fingerprint density at radius 3 is 2.93 bits per heavy atom. The predicted molar refractivity (Wildman–Crippen MR) is 103 cm³/mol. The van der Waals surface area contributed by atoms with Crippen LogP contribution in [0.5, 0.6) is 0 Å². The first-order valence-electron chi connectivity index (χ1n) is 8.79. The fraction of sp³-hybridized carbons (Fsp3) is 0.316. The molecule has 0 radical (unpaired) electrons. The van der Waals surface area contributed by atoms with Crippen LogP contribution in [0, 0.1) is 13.8 Å². The molecule has 27 heavy (non-hydrogen) atoms. The van der Waals surface area contributed by atoms with Crippen LogP contribution in [0.2, 0.25) is 0 Å². The number of nitrogens with one attached hydrogen (secondary N) is 1. The van der Waals surface area contributed by atoms with Gasteiger partial charge in [0, 0.05) is 29.1 Å². The van der Waals surface area contributed by atoms with Gasteiger partial charge in [0.2, 0.25) is 11.1 Å². The number of carbonyl (C=O) groups excluding carboxylic acids is 2. The molecule has 1 N–H and O–H groups in total. The largest absolute Gasteiger partial charge is 0.326 e. The minimum atomic E-state index is 0.0121. The monoisotopic (exact) mass is 381 g/mol. The SMILES string of the molecule is Cc1cc(C)n2nc(SCC(=O)c3ccc4c(c3)CCCC(=O)N4)nc2n1. The lowest BCUT2D eigenvalue weighted by molar-refractivity contribution is -0.116. The number of thioether (sulfide) groups is 1. The van der Waals surface area contributed by atoms with Crippen LogP contribution in [0.4, 0.5) is 5.69 Å². The smallest absolute Gasteiger partial charge is 0.253 e. The number of rotatable bonds is 4. The second kappa shape index (κ2) is 7.11. The molecule has 4 rings (SSSR count). The fourth-order valence-corrected chi connectivity index (χ4v) is 3.88. The van der Waals surface area contributed by atoms with Gasteiger partial charge in [-0.05, 0) is 56.5 Å². The predicted octanol–water partition coefficient (Wildman–Crippen LogP) is 2.99. The summed E-state index contributed by atoms with van der Waals surface area (Å²) in [5.41, 5.74) is 4.30. The van der Waals surface area contributed by atoms with Crippen molar-refractivity contribution in [3.8, 4) is 0 Å². The second-order valence-corrected chi connectivity index (χ2v) is 7.57. The highest BCUT2D eigenvalue weighted by Gasteiger charge is 2.16. The van der Waals surface area contributed by atoms with Crippen LogP contribution >= 0.6 is 11.8 Å². The number of aryl methyl sites for hydroxylation is 3. The minimum absolute atomic E-state index is 0.0121. The number of fused-ring (bicyclic) bond motifs is 2. The van der Waals surface area contributed by atoms with E-state index < -0.39 is 0 Å². The van der Waals surface area contributed by atoms with Crippen LogP contribution in [0.15, 0.2) is 29.4 Å². The number of Topliss-reactive ketones (excluding diaryl/α,β-unsaturated/α-hetero) is 1. The summed E-state index contributed by atoms with van der Waals surface area (Å²) >= 11 is 1.30. The van der Waals surface area contributed by atoms with Gasteiger partial charge in [-0.1, -0.05) is 11.8 Å². The molecule has 0 atom stereocenters. The number of ketones is 1. The van der Waals surface area contributed by atoms with E-state index in [1.165, 1.54) is 11.8 Å². The maximum atomic E-state index is 12.6. The Morgan fingerprint density at radius 1 is 1.22 bits per heavy atom. The standard InChI is InChI=1S/C19H19N5O2S/c1-11-8-12(2)24-18(20-11)22-19(23-24)27-10-16(25)14-6-7-15-13(9-14)4-3-5-17(26)21-15/h6-9H,3-5,10H2,1-2H3,(H,21,26). The third-order valence-corrected chi connectivity index (χ3v) is 5.32. The van der Waals surface area contributed by atoms with E-state index in [9.17, 15) is 9.59 Å². The molecule has 0 spiro atoms. The summed E-state index contributed by atoms with van der Waals surface area (Å²) in [7, 11) is 0. The van der Waals surface area contributed by atoms with E-state index in [0.29, 0.717) is 22.9 Å². The van der Waals surface area contributed by atoms with Crippen molar-refractivity contribution in [3.63, 3.8) is 0 Å². The second-order valence-electron chi connectivity index (χ2n) is 6.63. The van der Waals surface area contributed by atoms with Gasteiger partial charge in [0.1, 0.15) is 0 Å². The summed E-state index contributed by atoms with van der Waals surface area (Å²) < 4.78 is 1.69. The molecule has 3 aromatic rings. The van der Waals surface area contributed by atoms with E-state index in [-0.39, 0.29) is 17.4 Å². The molecule has 1 amide bonds. The lowest BCUT2D eigenvalue weighted by Crippen LogP contribution is -2.10. The molecular weight excluding hydrogens is 362 g/mol. The fourth-order valence-electron chi connectivity index (χ4n) is 3.17. The zero-order valence-electron chi connectivity index (χ0n) is 15.2. The molecule has 8 heteroatoms. The Balaban J connectivity index is 1.49. The minimum Gasteiger partial charge on any atom is -0.326 e. The van der Waals surface area contributed by atoms with Crippen LogP contribution < -0.4 is 5.32 Å². The van der Waals surface area contributed by atoms with Gasteiger partial charge in [0.25, 0.3) is 5.78 Å². The van der Waals surface area contributed by atoms with Crippen LogP contribution in [0.25, 0.3) is 5.78 Å². The Hall–Kier alpha value is -2.74. The third kappa shape index (κ3) is 3.71. The molecule has 0 unspecified atom stereocenters. The molecule has 3 heterocycles. The number of benzene rings is 1. The lowest BCUT2D eigenvalue weighted by atomic mass is 10.0. The highest BCUT2D eigenvalue weighted by molar-refractivity contribution is 7.99. The molecule has 0 bridgehead atoms. The first-order chi connectivity index (χ1) is 13.0. The summed E-state index contributed by atoms with van der Waals surface area (Å²) in [5.74, 6) is 0.835. The number of amides is 1. The molecule has 0 saturated heterocycles. The van der Waals surface area contributed by atoms with Crippen LogP contribution in [0.3, 0.4) is 0 Å². The molecule has 1 aliphatic rings. The zero-order valence-corrected chi connectivity index (χ0v) is 16.0. The zero-order chi connectivity index (χ0) is 19.0. The molecular formula is C19H19N5O2S. The van der Waals surface area contributed by atoms with Crippen LogP contribution in [0.1, 0.15) is 40.2 Å². The van der Waals surface area contributed by atoms with Crippen LogP contribution in [-0.2, 0) is 11.2 Å². The topological polar surface area (TPSA) is 89.3 Å². The maximum Gasteiger partial charge on any atom is 0.253 e. The van der Waals surface area contributed by atoms with E-state index in [1.807, 2.05) is 32.0 Å². The van der Waals surface area contributed by atoms with Gasteiger partial charge in [-0.2, -0.15) is 4.98 Å². The molecule has 1 aromatic carbocycles. The van der Waals surface area contributed by atoms with E-state index in [1.54, 1.807) is 10.6 Å². The van der Waals surface area contributed by atoms with Crippen molar-refractivity contribution < 1.29 is 9.59 Å². The van der Waals surface area contributed by atoms with Crippen molar-refractivity contribution in [1.29, 1.82) is 0 Å². The van der Waals surface area contributed by atoms with Gasteiger partial charge in [-0.15, -0.1) is 5.10 Å². The van der Waals surface area contributed by atoms with Crippen molar-refractivity contribution in [2.24, 2.45) is 0 Å². The van der Waals surface area contributed by atoms with Gasteiger partial charge in [0.05, 0.1) is 5.75 Å². The van der Waals surface area contributed by atoms with Crippen molar-refractivity contribution in [3.05, 3.63) is 46.8 Å².